The fourth-order valence-corrected chi connectivity index (χ4v) is 4.78. The van der Waals surface area contributed by atoms with E-state index in [0.29, 0.717) is 18.6 Å². The van der Waals surface area contributed by atoms with Gasteiger partial charge >= 0.3 is 6.09 Å². The van der Waals surface area contributed by atoms with Crippen molar-refractivity contribution in [3.63, 3.8) is 0 Å². The summed E-state index contributed by atoms with van der Waals surface area (Å²) in [6.07, 6.45) is 2.97. The third-order valence-electron chi connectivity index (χ3n) is 6.30. The monoisotopic (exact) mass is 417 g/mol. The van der Waals surface area contributed by atoms with Gasteiger partial charge in [0.2, 0.25) is 0 Å². The minimum Gasteiger partial charge on any atom is -0.445 e. The number of piperidine rings is 1. The maximum atomic E-state index is 12.8. The van der Waals surface area contributed by atoms with Crippen LogP contribution < -0.4 is 0 Å². The highest BCUT2D eigenvalue weighted by atomic mass is 16.6. The van der Waals surface area contributed by atoms with Crippen molar-refractivity contribution in [2.45, 2.75) is 50.4 Å². The number of aliphatic hydroxyl groups is 1. The SMILES string of the molecule is N#C/C(=N\[C@@H](CO)c1ccccc1)C1CC2CCC(C1)N2C(=O)OCc1ccccc1. The lowest BCUT2D eigenvalue weighted by molar-refractivity contribution is 0.0599. The molecule has 1 amide bonds. The molecular weight excluding hydrogens is 390 g/mol. The van der Waals surface area contributed by atoms with Crippen LogP contribution in [0.1, 0.15) is 42.9 Å². The molecule has 2 aliphatic rings. The van der Waals surface area contributed by atoms with E-state index in [2.05, 4.69) is 11.1 Å². The molecule has 0 aliphatic carbocycles. The number of carbonyl (C=O) groups is 1. The topological polar surface area (TPSA) is 85.9 Å². The van der Waals surface area contributed by atoms with Crippen LogP contribution in [0.15, 0.2) is 65.7 Å². The highest BCUT2D eigenvalue weighted by Crippen LogP contribution is 2.40. The van der Waals surface area contributed by atoms with Crippen LogP contribution in [0.2, 0.25) is 0 Å². The number of fused-ring (bicyclic) bond motifs is 2. The minimum absolute atomic E-state index is 0.00145. The Morgan fingerprint density at radius 2 is 1.71 bits per heavy atom. The van der Waals surface area contributed by atoms with Gasteiger partial charge in [0.15, 0.2) is 0 Å². The third-order valence-corrected chi connectivity index (χ3v) is 6.30. The van der Waals surface area contributed by atoms with Gasteiger partial charge in [-0.15, -0.1) is 0 Å². The van der Waals surface area contributed by atoms with Crippen molar-refractivity contribution in [1.29, 1.82) is 5.26 Å². The van der Waals surface area contributed by atoms with Crippen LogP contribution in [0.5, 0.6) is 0 Å². The zero-order valence-corrected chi connectivity index (χ0v) is 17.4. The number of benzene rings is 2. The van der Waals surface area contributed by atoms with Crippen molar-refractivity contribution >= 4 is 11.8 Å². The first-order valence-corrected chi connectivity index (χ1v) is 10.8. The number of aliphatic hydroxyl groups excluding tert-OH is 1. The molecule has 6 nitrogen and oxygen atoms in total. The number of aliphatic imine (C=N–C) groups is 1. The summed E-state index contributed by atoms with van der Waals surface area (Å²) in [5, 5.41) is 19.6. The fraction of sp³-hybridized carbons (Fsp3) is 0.400. The van der Waals surface area contributed by atoms with Crippen molar-refractivity contribution in [3.8, 4) is 6.07 Å². The largest absolute Gasteiger partial charge is 0.445 e. The van der Waals surface area contributed by atoms with Crippen molar-refractivity contribution in [2.75, 3.05) is 6.61 Å². The Morgan fingerprint density at radius 3 is 2.29 bits per heavy atom. The number of hydrogen-bond donors (Lipinski definition) is 1. The molecule has 2 bridgehead atoms. The molecule has 2 saturated heterocycles. The summed E-state index contributed by atoms with van der Waals surface area (Å²) in [5.74, 6) is -0.00145. The number of carbonyl (C=O) groups excluding carboxylic acids is 1. The van der Waals surface area contributed by atoms with E-state index < -0.39 is 6.04 Å². The minimum atomic E-state index is -0.442. The fourth-order valence-electron chi connectivity index (χ4n) is 4.78. The molecule has 0 aromatic heterocycles. The van der Waals surface area contributed by atoms with E-state index >= 15 is 0 Å². The molecule has 2 heterocycles. The van der Waals surface area contributed by atoms with Gasteiger partial charge < -0.3 is 14.7 Å². The van der Waals surface area contributed by atoms with Gasteiger partial charge in [-0.25, -0.2) is 4.79 Å². The van der Waals surface area contributed by atoms with Crippen molar-refractivity contribution < 1.29 is 14.6 Å². The zero-order valence-electron chi connectivity index (χ0n) is 17.4. The standard InChI is InChI=1S/C25H27N3O3/c26-15-23(27-24(16-29)19-9-5-2-6-10-19)20-13-21-11-12-22(14-20)28(21)25(30)31-17-18-7-3-1-4-8-18/h1-10,20-22,24,29H,11-14,16-17H2/b27-23+/t20?,21?,22?,24-/m0/s1. The normalized spacial score (nSPS) is 23.8. The quantitative estimate of drug-likeness (QED) is 0.712. The van der Waals surface area contributed by atoms with E-state index in [9.17, 15) is 15.2 Å². The molecule has 2 unspecified atom stereocenters. The van der Waals surface area contributed by atoms with Gasteiger partial charge in [-0.3, -0.25) is 4.99 Å². The van der Waals surface area contributed by atoms with Crippen molar-refractivity contribution in [1.82, 2.24) is 4.90 Å². The predicted octanol–water partition coefficient (Wildman–Crippen LogP) is 4.26. The summed E-state index contributed by atoms with van der Waals surface area (Å²) in [7, 11) is 0. The molecule has 0 spiro atoms. The van der Waals surface area contributed by atoms with Gasteiger partial charge in [0.1, 0.15) is 18.4 Å². The molecule has 0 radical (unpaired) electrons. The van der Waals surface area contributed by atoms with Crippen LogP contribution in [-0.2, 0) is 11.3 Å². The van der Waals surface area contributed by atoms with E-state index in [1.165, 1.54) is 0 Å². The van der Waals surface area contributed by atoms with Crippen LogP contribution in [0.4, 0.5) is 4.79 Å². The molecule has 2 aromatic rings. The van der Waals surface area contributed by atoms with Crippen molar-refractivity contribution in [2.24, 2.45) is 10.9 Å². The Labute approximate surface area is 182 Å². The maximum Gasteiger partial charge on any atom is 0.410 e. The summed E-state index contributed by atoms with van der Waals surface area (Å²) in [6, 6.07) is 21.2. The molecule has 1 N–H and O–H groups in total. The van der Waals surface area contributed by atoms with Crippen LogP contribution in [0.25, 0.3) is 0 Å². The lowest BCUT2D eigenvalue weighted by Gasteiger charge is -2.37. The molecule has 2 aromatic carbocycles. The molecule has 2 fully saturated rings. The molecule has 160 valence electrons. The van der Waals surface area contributed by atoms with Crippen LogP contribution >= 0.6 is 0 Å². The Balaban J connectivity index is 1.43. The third kappa shape index (κ3) is 4.78. The number of hydrogen-bond acceptors (Lipinski definition) is 5. The van der Waals surface area contributed by atoms with E-state index in [1.807, 2.05) is 65.6 Å². The first kappa shape index (κ1) is 21.1. The second kappa shape index (κ2) is 9.76. The van der Waals surface area contributed by atoms with Gasteiger partial charge in [-0.2, -0.15) is 5.26 Å². The maximum absolute atomic E-state index is 12.8. The van der Waals surface area contributed by atoms with Crippen LogP contribution in [0.3, 0.4) is 0 Å². The average Bonchev–Trinajstić information content (AvgIpc) is 3.09. The van der Waals surface area contributed by atoms with E-state index in [0.717, 1.165) is 24.0 Å². The Hall–Kier alpha value is -3.17. The summed E-state index contributed by atoms with van der Waals surface area (Å²) in [6.45, 7) is 0.117. The van der Waals surface area contributed by atoms with Gasteiger partial charge in [0, 0.05) is 18.0 Å². The number of amides is 1. The highest BCUT2D eigenvalue weighted by molar-refractivity contribution is 6.00. The van der Waals surface area contributed by atoms with E-state index in [1.54, 1.807) is 0 Å². The lowest BCUT2D eigenvalue weighted by atomic mass is 9.87. The van der Waals surface area contributed by atoms with Crippen molar-refractivity contribution in [3.05, 3.63) is 71.8 Å². The first-order valence-electron chi connectivity index (χ1n) is 10.8. The summed E-state index contributed by atoms with van der Waals surface area (Å²) in [4.78, 5) is 19.3. The molecule has 2 aliphatic heterocycles. The highest BCUT2D eigenvalue weighted by Gasteiger charge is 2.45. The van der Waals surface area contributed by atoms with E-state index in [4.69, 9.17) is 4.74 Å². The molecule has 6 heteroatoms. The van der Waals surface area contributed by atoms with Gasteiger partial charge in [-0.1, -0.05) is 60.7 Å². The van der Waals surface area contributed by atoms with Crippen LogP contribution in [0, 0.1) is 17.2 Å². The molecule has 31 heavy (non-hydrogen) atoms. The molecule has 0 saturated carbocycles. The van der Waals surface area contributed by atoms with Gasteiger partial charge in [0.05, 0.1) is 12.6 Å². The number of ether oxygens (including phenoxy) is 1. The Morgan fingerprint density at radius 1 is 1.10 bits per heavy atom. The van der Waals surface area contributed by atoms with Gasteiger partial charge in [-0.05, 0) is 36.8 Å². The van der Waals surface area contributed by atoms with E-state index in [-0.39, 0.29) is 37.3 Å². The summed E-state index contributed by atoms with van der Waals surface area (Å²) >= 11 is 0. The lowest BCUT2D eigenvalue weighted by Crippen LogP contribution is -2.48. The van der Waals surface area contributed by atoms with Crippen LogP contribution in [-0.4, -0.2) is 40.5 Å². The Bertz CT molecular complexity index is 941. The Kier molecular flexibility index (Phi) is 6.63. The number of nitriles is 1. The summed E-state index contributed by atoms with van der Waals surface area (Å²) < 4.78 is 5.57. The molecule has 4 rings (SSSR count). The molecular formula is C25H27N3O3. The zero-order chi connectivity index (χ0) is 21.6. The summed E-state index contributed by atoms with van der Waals surface area (Å²) in [5.41, 5.74) is 2.33. The number of rotatable bonds is 6. The smallest absolute Gasteiger partial charge is 0.410 e. The average molecular weight is 418 g/mol. The second-order valence-corrected chi connectivity index (χ2v) is 8.24. The first-order chi connectivity index (χ1) is 15.2. The van der Waals surface area contributed by atoms with Gasteiger partial charge in [0.25, 0.3) is 0 Å². The number of nitrogens with zero attached hydrogens (tertiary/aromatic N) is 3. The second-order valence-electron chi connectivity index (χ2n) is 8.24. The molecule has 3 atom stereocenters. The predicted molar refractivity (Wildman–Crippen MR) is 117 cm³/mol.